The van der Waals surface area contributed by atoms with Gasteiger partial charge in [-0.1, -0.05) is 26.7 Å². The van der Waals surface area contributed by atoms with Gasteiger partial charge in [-0.15, -0.1) is 0 Å². The molecule has 78 valence electrons. The van der Waals surface area contributed by atoms with Crippen molar-refractivity contribution in [2.45, 2.75) is 32.7 Å². The Morgan fingerprint density at radius 3 is 2.21 bits per heavy atom. The topological polar surface area (TPSA) is 24.9 Å². The second kappa shape index (κ2) is 5.76. The summed E-state index contributed by atoms with van der Waals surface area (Å²) >= 11 is 0. The van der Waals surface area contributed by atoms with Crippen LogP contribution in [0.25, 0.3) is 0 Å². The number of aromatic nitrogens is 1. The lowest BCUT2D eigenvalue weighted by Gasteiger charge is -2.25. The third kappa shape index (κ3) is 2.55. The Morgan fingerprint density at radius 1 is 1.21 bits per heavy atom. The summed E-state index contributed by atoms with van der Waals surface area (Å²) in [6.45, 7) is 4.50. The molecule has 1 heterocycles. The van der Waals surface area contributed by atoms with Crippen LogP contribution in [0.4, 0.5) is 0 Å². The first-order valence-corrected chi connectivity index (χ1v) is 5.40. The van der Waals surface area contributed by atoms with Crippen LogP contribution in [0, 0.1) is 5.92 Å². The average molecular weight is 192 g/mol. The van der Waals surface area contributed by atoms with E-state index in [0.717, 1.165) is 0 Å². The van der Waals surface area contributed by atoms with E-state index in [1.54, 1.807) is 0 Å². The lowest BCUT2D eigenvalue weighted by atomic mass is 9.89. The number of hydrogen-bond donors (Lipinski definition) is 1. The number of pyridine rings is 1. The average Bonchev–Trinajstić information content (AvgIpc) is 2.27. The van der Waals surface area contributed by atoms with E-state index in [1.165, 1.54) is 18.4 Å². The Labute approximate surface area is 86.8 Å². The van der Waals surface area contributed by atoms with Gasteiger partial charge in [-0.2, -0.15) is 0 Å². The molecule has 0 radical (unpaired) electrons. The third-order valence-corrected chi connectivity index (χ3v) is 2.90. The number of nitrogens with one attached hydrogen (secondary N) is 1. The molecule has 0 amide bonds. The smallest absolute Gasteiger partial charge is 0.0347 e. The van der Waals surface area contributed by atoms with Crippen molar-refractivity contribution in [3.05, 3.63) is 30.1 Å². The summed E-state index contributed by atoms with van der Waals surface area (Å²) in [6.07, 6.45) is 6.15. The van der Waals surface area contributed by atoms with Gasteiger partial charge in [0.1, 0.15) is 0 Å². The van der Waals surface area contributed by atoms with Crippen molar-refractivity contribution in [3.8, 4) is 0 Å². The molecule has 0 aromatic carbocycles. The molecule has 1 aromatic rings. The molecule has 0 fully saturated rings. The van der Waals surface area contributed by atoms with Gasteiger partial charge < -0.3 is 5.32 Å². The molecule has 0 aliphatic rings. The number of rotatable bonds is 5. The van der Waals surface area contributed by atoms with Crippen molar-refractivity contribution in [2.24, 2.45) is 5.92 Å². The van der Waals surface area contributed by atoms with Crippen LogP contribution in [-0.2, 0) is 0 Å². The molecule has 1 atom stereocenters. The summed E-state index contributed by atoms with van der Waals surface area (Å²) in [5.74, 6) is 0.711. The largest absolute Gasteiger partial charge is 0.313 e. The van der Waals surface area contributed by atoms with E-state index in [9.17, 15) is 0 Å². The van der Waals surface area contributed by atoms with Crippen molar-refractivity contribution in [1.82, 2.24) is 10.3 Å². The predicted octanol–water partition coefficient (Wildman–Crippen LogP) is 2.78. The van der Waals surface area contributed by atoms with E-state index in [4.69, 9.17) is 0 Å². The van der Waals surface area contributed by atoms with Crippen LogP contribution in [0.2, 0.25) is 0 Å². The quantitative estimate of drug-likeness (QED) is 0.776. The lowest BCUT2D eigenvalue weighted by molar-refractivity contribution is 0.359. The van der Waals surface area contributed by atoms with Crippen molar-refractivity contribution in [2.75, 3.05) is 7.05 Å². The van der Waals surface area contributed by atoms with Gasteiger partial charge in [-0.3, -0.25) is 4.98 Å². The molecule has 0 saturated heterocycles. The minimum absolute atomic E-state index is 0.466. The summed E-state index contributed by atoms with van der Waals surface area (Å²) in [4.78, 5) is 4.05. The zero-order valence-electron chi connectivity index (χ0n) is 9.33. The van der Waals surface area contributed by atoms with E-state index in [-0.39, 0.29) is 0 Å². The molecule has 1 rings (SSSR count). The molecule has 0 aliphatic heterocycles. The fourth-order valence-corrected chi connectivity index (χ4v) is 2.01. The summed E-state index contributed by atoms with van der Waals surface area (Å²) in [7, 11) is 2.03. The summed E-state index contributed by atoms with van der Waals surface area (Å²) in [6, 6.07) is 4.66. The van der Waals surface area contributed by atoms with Gasteiger partial charge in [0, 0.05) is 18.4 Å². The van der Waals surface area contributed by atoms with Crippen LogP contribution in [0.15, 0.2) is 24.5 Å². The van der Waals surface area contributed by atoms with Crippen LogP contribution in [-0.4, -0.2) is 12.0 Å². The summed E-state index contributed by atoms with van der Waals surface area (Å²) < 4.78 is 0. The van der Waals surface area contributed by atoms with Gasteiger partial charge in [0.05, 0.1) is 0 Å². The zero-order valence-corrected chi connectivity index (χ0v) is 9.33. The van der Waals surface area contributed by atoms with Gasteiger partial charge in [-0.05, 0) is 30.7 Å². The minimum Gasteiger partial charge on any atom is -0.313 e. The van der Waals surface area contributed by atoms with Gasteiger partial charge in [-0.25, -0.2) is 0 Å². The highest BCUT2D eigenvalue weighted by molar-refractivity contribution is 5.15. The molecule has 1 aromatic heterocycles. The highest BCUT2D eigenvalue weighted by atomic mass is 14.9. The number of hydrogen-bond acceptors (Lipinski definition) is 2. The molecule has 1 unspecified atom stereocenters. The van der Waals surface area contributed by atoms with E-state index >= 15 is 0 Å². The maximum absolute atomic E-state index is 4.05. The molecular formula is C12H20N2. The molecule has 14 heavy (non-hydrogen) atoms. The van der Waals surface area contributed by atoms with Gasteiger partial charge >= 0.3 is 0 Å². The summed E-state index contributed by atoms with van der Waals surface area (Å²) in [5.41, 5.74) is 1.34. The molecule has 1 N–H and O–H groups in total. The highest BCUT2D eigenvalue weighted by Crippen LogP contribution is 2.26. The van der Waals surface area contributed by atoms with Crippen LogP contribution in [0.3, 0.4) is 0 Å². The van der Waals surface area contributed by atoms with Crippen molar-refractivity contribution >= 4 is 0 Å². The molecule has 0 aliphatic carbocycles. The van der Waals surface area contributed by atoms with Crippen molar-refractivity contribution in [1.29, 1.82) is 0 Å². The molecular weight excluding hydrogens is 172 g/mol. The molecule has 0 bridgehead atoms. The van der Waals surface area contributed by atoms with Gasteiger partial charge in [0.2, 0.25) is 0 Å². The Kier molecular flexibility index (Phi) is 4.60. The van der Waals surface area contributed by atoms with Crippen LogP contribution in [0.5, 0.6) is 0 Å². The fourth-order valence-electron chi connectivity index (χ4n) is 2.01. The van der Waals surface area contributed by atoms with E-state index in [2.05, 4.69) is 36.3 Å². The second-order valence-corrected chi connectivity index (χ2v) is 3.62. The van der Waals surface area contributed by atoms with Crippen molar-refractivity contribution < 1.29 is 0 Å². The Morgan fingerprint density at radius 2 is 1.79 bits per heavy atom. The monoisotopic (exact) mass is 192 g/mol. The maximum atomic E-state index is 4.05. The standard InChI is InChI=1S/C12H20N2/c1-4-10(5-2)12(13-3)11-6-8-14-9-7-11/h6-10,12-13H,4-5H2,1-3H3. The second-order valence-electron chi connectivity index (χ2n) is 3.62. The van der Waals surface area contributed by atoms with E-state index < -0.39 is 0 Å². The van der Waals surface area contributed by atoms with Gasteiger partial charge in [0.25, 0.3) is 0 Å². The first kappa shape index (κ1) is 11.2. The number of nitrogens with zero attached hydrogens (tertiary/aromatic N) is 1. The normalized spacial score (nSPS) is 13.1. The molecule has 0 spiro atoms. The van der Waals surface area contributed by atoms with Gasteiger partial charge in [0.15, 0.2) is 0 Å². The predicted molar refractivity (Wildman–Crippen MR) is 60.1 cm³/mol. The third-order valence-electron chi connectivity index (χ3n) is 2.90. The first-order valence-electron chi connectivity index (χ1n) is 5.40. The van der Waals surface area contributed by atoms with Crippen LogP contribution < -0.4 is 5.32 Å². The maximum Gasteiger partial charge on any atom is 0.0347 e. The highest BCUT2D eigenvalue weighted by Gasteiger charge is 2.17. The van der Waals surface area contributed by atoms with E-state index in [0.29, 0.717) is 12.0 Å². The van der Waals surface area contributed by atoms with Crippen LogP contribution >= 0.6 is 0 Å². The van der Waals surface area contributed by atoms with Crippen molar-refractivity contribution in [3.63, 3.8) is 0 Å². The molecule has 2 heteroatoms. The molecule has 0 saturated carbocycles. The SMILES string of the molecule is CCC(CC)C(NC)c1ccncc1. The molecule has 2 nitrogen and oxygen atoms in total. The summed E-state index contributed by atoms with van der Waals surface area (Å²) in [5, 5.41) is 3.39. The Balaban J connectivity index is 2.81. The fraction of sp³-hybridized carbons (Fsp3) is 0.583. The Hall–Kier alpha value is -0.890. The Bertz CT molecular complexity index is 242. The lowest BCUT2D eigenvalue weighted by Crippen LogP contribution is -2.24. The zero-order chi connectivity index (χ0) is 10.4. The van der Waals surface area contributed by atoms with Crippen LogP contribution in [0.1, 0.15) is 38.3 Å². The first-order chi connectivity index (χ1) is 6.83. The minimum atomic E-state index is 0.466. The van der Waals surface area contributed by atoms with E-state index in [1.807, 2.05) is 19.4 Å².